The minimum absolute atomic E-state index is 0.00773. The first kappa shape index (κ1) is 19.8. The average molecular weight is 411 g/mol. The van der Waals surface area contributed by atoms with Crippen molar-refractivity contribution in [1.29, 1.82) is 0 Å². The molecule has 1 fully saturated rings. The van der Waals surface area contributed by atoms with Gasteiger partial charge in [0.05, 0.1) is 9.82 Å². The molecule has 1 aliphatic rings. The molecule has 2 aromatic rings. The number of nitro benzene ring substituents is 1. The van der Waals surface area contributed by atoms with Crippen LogP contribution < -0.4 is 0 Å². The molecule has 3 rings (SSSR count). The maximum Gasteiger partial charge on any atom is 0.282 e. The minimum Gasteiger partial charge on any atom is -0.336 e. The van der Waals surface area contributed by atoms with E-state index in [1.165, 1.54) is 29.2 Å². The maximum atomic E-state index is 13.4. The van der Waals surface area contributed by atoms with E-state index in [1.807, 2.05) is 0 Å². The first-order chi connectivity index (χ1) is 13.2. The molecule has 0 N–H and O–H groups in total. The van der Waals surface area contributed by atoms with E-state index >= 15 is 0 Å². The summed E-state index contributed by atoms with van der Waals surface area (Å²) in [4.78, 5) is 24.0. The topological polar surface area (TPSA) is 101 Å². The van der Waals surface area contributed by atoms with Gasteiger partial charge in [-0.15, -0.1) is 0 Å². The summed E-state index contributed by atoms with van der Waals surface area (Å²) in [7, 11) is -4.06. The third-order valence-corrected chi connectivity index (χ3v) is 6.28. The summed E-state index contributed by atoms with van der Waals surface area (Å²) >= 11 is 0. The Bertz CT molecular complexity index is 1040. The fraction of sp³-hybridized carbons (Fsp3) is 0.235. The molecule has 11 heteroatoms. The number of amides is 1. The number of hydrogen-bond donors (Lipinski definition) is 0. The molecule has 0 aromatic heterocycles. The second-order valence-corrected chi connectivity index (χ2v) is 7.98. The molecule has 0 bridgehead atoms. The monoisotopic (exact) mass is 411 g/mol. The Labute approximate surface area is 159 Å². The molecule has 1 amide bonds. The van der Waals surface area contributed by atoms with Crippen LogP contribution >= 0.6 is 0 Å². The predicted molar refractivity (Wildman–Crippen MR) is 94.1 cm³/mol. The molecule has 0 unspecified atom stereocenters. The fourth-order valence-corrected chi connectivity index (χ4v) is 4.34. The third kappa shape index (κ3) is 3.71. The molecule has 0 radical (unpaired) electrons. The Hall–Kier alpha value is -2.92. The number of nitrogens with zero attached hydrogens (tertiary/aromatic N) is 3. The molecular weight excluding hydrogens is 396 g/mol. The lowest BCUT2D eigenvalue weighted by atomic mass is 10.1. The van der Waals surface area contributed by atoms with Crippen molar-refractivity contribution in [2.24, 2.45) is 0 Å². The SMILES string of the molecule is O=C(c1ccccc1[N+](=O)[O-])N1CCN(S(=O)(=O)c2ccc(F)c(F)c2)CC1. The number of para-hydroxylation sites is 1. The Balaban J connectivity index is 1.75. The van der Waals surface area contributed by atoms with E-state index in [-0.39, 0.29) is 42.3 Å². The smallest absolute Gasteiger partial charge is 0.282 e. The highest BCUT2D eigenvalue weighted by Gasteiger charge is 2.32. The first-order valence-electron chi connectivity index (χ1n) is 8.19. The number of piperazine rings is 1. The molecule has 28 heavy (non-hydrogen) atoms. The van der Waals surface area contributed by atoms with E-state index in [4.69, 9.17) is 0 Å². The van der Waals surface area contributed by atoms with Crippen LogP contribution in [-0.2, 0) is 10.0 Å². The van der Waals surface area contributed by atoms with Gasteiger partial charge in [0.2, 0.25) is 10.0 Å². The van der Waals surface area contributed by atoms with Crippen molar-refractivity contribution in [3.8, 4) is 0 Å². The molecule has 1 saturated heterocycles. The molecule has 0 aliphatic carbocycles. The van der Waals surface area contributed by atoms with Gasteiger partial charge in [0.1, 0.15) is 5.56 Å². The summed E-state index contributed by atoms with van der Waals surface area (Å²) < 4.78 is 52.6. The number of halogens is 2. The Kier molecular flexibility index (Phi) is 5.38. The summed E-state index contributed by atoms with van der Waals surface area (Å²) in [6.07, 6.45) is 0. The van der Waals surface area contributed by atoms with Crippen LogP contribution in [0, 0.1) is 21.7 Å². The van der Waals surface area contributed by atoms with Gasteiger partial charge in [0.25, 0.3) is 11.6 Å². The van der Waals surface area contributed by atoms with Crippen LogP contribution in [0.5, 0.6) is 0 Å². The van der Waals surface area contributed by atoms with Crippen LogP contribution in [0.4, 0.5) is 14.5 Å². The van der Waals surface area contributed by atoms with Crippen molar-refractivity contribution in [2.75, 3.05) is 26.2 Å². The minimum atomic E-state index is -4.06. The van der Waals surface area contributed by atoms with Gasteiger partial charge in [-0.25, -0.2) is 17.2 Å². The number of hydrogen-bond acceptors (Lipinski definition) is 5. The van der Waals surface area contributed by atoms with Crippen LogP contribution in [0.1, 0.15) is 10.4 Å². The molecule has 8 nitrogen and oxygen atoms in total. The molecule has 148 valence electrons. The van der Waals surface area contributed by atoms with Crippen LogP contribution in [0.15, 0.2) is 47.4 Å². The second kappa shape index (κ2) is 7.60. The number of nitro groups is 1. The number of carbonyl (C=O) groups is 1. The van der Waals surface area contributed by atoms with Gasteiger partial charge in [-0.2, -0.15) is 4.31 Å². The van der Waals surface area contributed by atoms with Crippen molar-refractivity contribution in [1.82, 2.24) is 9.21 Å². The maximum absolute atomic E-state index is 13.4. The highest BCUT2D eigenvalue weighted by atomic mass is 32.2. The molecular formula is C17H15F2N3O5S. The highest BCUT2D eigenvalue weighted by Crippen LogP contribution is 2.23. The first-order valence-corrected chi connectivity index (χ1v) is 9.63. The molecule has 2 aromatic carbocycles. The zero-order valence-electron chi connectivity index (χ0n) is 14.4. The highest BCUT2D eigenvalue weighted by molar-refractivity contribution is 7.89. The van der Waals surface area contributed by atoms with Gasteiger partial charge >= 0.3 is 0 Å². The van der Waals surface area contributed by atoms with Crippen LogP contribution in [0.2, 0.25) is 0 Å². The summed E-state index contributed by atoms with van der Waals surface area (Å²) in [6, 6.07) is 7.82. The van der Waals surface area contributed by atoms with Crippen molar-refractivity contribution >= 4 is 21.6 Å². The number of sulfonamides is 1. The average Bonchev–Trinajstić information content (AvgIpc) is 2.69. The number of benzene rings is 2. The van der Waals surface area contributed by atoms with E-state index in [0.29, 0.717) is 6.07 Å². The lowest BCUT2D eigenvalue weighted by molar-refractivity contribution is -0.385. The largest absolute Gasteiger partial charge is 0.336 e. The van der Waals surface area contributed by atoms with Gasteiger partial charge in [0, 0.05) is 32.2 Å². The van der Waals surface area contributed by atoms with E-state index < -0.39 is 32.5 Å². The summed E-state index contributed by atoms with van der Waals surface area (Å²) in [5.74, 6) is -3.00. The Morgan fingerprint density at radius 1 is 1.00 bits per heavy atom. The molecule has 0 saturated carbocycles. The number of rotatable bonds is 4. The Morgan fingerprint density at radius 2 is 1.64 bits per heavy atom. The van der Waals surface area contributed by atoms with Crippen LogP contribution in [-0.4, -0.2) is 54.6 Å². The summed E-state index contributed by atoms with van der Waals surface area (Å²) in [5, 5.41) is 11.1. The lowest BCUT2D eigenvalue weighted by Crippen LogP contribution is -2.50. The van der Waals surface area contributed by atoms with E-state index in [1.54, 1.807) is 0 Å². The molecule has 0 spiro atoms. The van der Waals surface area contributed by atoms with Gasteiger partial charge in [-0.1, -0.05) is 12.1 Å². The van der Waals surface area contributed by atoms with E-state index in [9.17, 15) is 32.1 Å². The third-order valence-electron chi connectivity index (χ3n) is 4.39. The second-order valence-electron chi connectivity index (χ2n) is 6.05. The zero-order valence-corrected chi connectivity index (χ0v) is 15.2. The van der Waals surface area contributed by atoms with Gasteiger partial charge in [0.15, 0.2) is 11.6 Å². The van der Waals surface area contributed by atoms with E-state index in [2.05, 4.69) is 0 Å². The standard InChI is InChI=1S/C17H15F2N3O5S/c18-14-6-5-12(11-15(14)19)28(26,27)21-9-7-20(8-10-21)17(23)13-3-1-2-4-16(13)22(24)25/h1-6,11H,7-10H2. The van der Waals surface area contributed by atoms with Crippen molar-refractivity contribution in [3.63, 3.8) is 0 Å². The lowest BCUT2D eigenvalue weighted by Gasteiger charge is -2.34. The normalized spacial score (nSPS) is 15.4. The Morgan fingerprint density at radius 3 is 2.25 bits per heavy atom. The van der Waals surface area contributed by atoms with Crippen LogP contribution in [0.25, 0.3) is 0 Å². The molecule has 1 aliphatic heterocycles. The van der Waals surface area contributed by atoms with E-state index in [0.717, 1.165) is 16.4 Å². The quantitative estimate of drug-likeness (QED) is 0.566. The van der Waals surface area contributed by atoms with Gasteiger partial charge < -0.3 is 4.90 Å². The summed E-state index contributed by atoms with van der Waals surface area (Å²) in [5.41, 5.74) is -0.409. The summed E-state index contributed by atoms with van der Waals surface area (Å²) in [6.45, 7) is -0.136. The zero-order chi connectivity index (χ0) is 20.5. The molecule has 0 atom stereocenters. The fourth-order valence-electron chi connectivity index (χ4n) is 2.90. The van der Waals surface area contributed by atoms with Crippen molar-refractivity contribution in [3.05, 3.63) is 69.8 Å². The van der Waals surface area contributed by atoms with Crippen molar-refractivity contribution < 1.29 is 26.9 Å². The van der Waals surface area contributed by atoms with Crippen molar-refractivity contribution in [2.45, 2.75) is 4.90 Å². The predicted octanol–water partition coefficient (Wildman–Crippen LogP) is 2.02. The van der Waals surface area contributed by atoms with Gasteiger partial charge in [-0.3, -0.25) is 14.9 Å². The molecule has 1 heterocycles. The van der Waals surface area contributed by atoms with Crippen LogP contribution in [0.3, 0.4) is 0 Å². The van der Waals surface area contributed by atoms with Gasteiger partial charge in [-0.05, 0) is 24.3 Å². The number of carbonyl (C=O) groups excluding carboxylic acids is 1.